The summed E-state index contributed by atoms with van der Waals surface area (Å²) in [7, 11) is 12.5. The fourth-order valence-electron chi connectivity index (χ4n) is 0.400. The third kappa shape index (κ3) is 24.9. The summed E-state index contributed by atoms with van der Waals surface area (Å²) in [6.45, 7) is 2.29. The van der Waals surface area contributed by atoms with E-state index in [9.17, 15) is 0 Å². The van der Waals surface area contributed by atoms with E-state index in [0.29, 0.717) is 0 Å². The zero-order valence-electron chi connectivity index (χ0n) is 7.49. The molecule has 3 nitrogen and oxygen atoms in total. The van der Waals surface area contributed by atoms with Crippen LogP contribution in [-0.4, -0.2) is 56.6 Å². The van der Waals surface area contributed by atoms with Gasteiger partial charge in [-0.25, -0.2) is 0 Å². The van der Waals surface area contributed by atoms with E-state index in [1.807, 2.05) is 0 Å². The number of hydrogen-bond donors (Lipinski definition) is 0. The van der Waals surface area contributed by atoms with Crippen molar-refractivity contribution < 1.29 is 20.6 Å². The molecule has 0 radical (unpaired) electrons. The van der Waals surface area contributed by atoms with Gasteiger partial charge in [0.25, 0.3) is 0 Å². The summed E-state index contributed by atoms with van der Waals surface area (Å²) in [5.74, 6) is 0. The Kier molecular flexibility index (Phi) is 21.4. The first-order valence-electron chi connectivity index (χ1n) is 3.04. The summed E-state index contributed by atoms with van der Waals surface area (Å²) < 4.78 is 0. The Balaban J connectivity index is -0.000000196. The second-order valence-electron chi connectivity index (χ2n) is 2.61. The molecule has 0 heterocycles. The predicted molar refractivity (Wildman–Crippen MR) is 46.6 cm³/mol. The number of halogens is 1. The third-order valence-corrected chi connectivity index (χ3v) is 0.994. The molecule has 0 spiro atoms. The molecule has 0 aromatic heterocycles. The molecule has 0 saturated heterocycles. The molecule has 0 rings (SSSR count). The molecule has 5 heteroatoms. The summed E-state index contributed by atoms with van der Waals surface area (Å²) in [5, 5.41) is 0. The summed E-state index contributed by atoms with van der Waals surface area (Å²) in [6, 6.07) is 0. The first-order valence-corrected chi connectivity index (χ1v) is 4.33. The van der Waals surface area contributed by atoms with Crippen LogP contribution < -0.4 is 0 Å². The van der Waals surface area contributed by atoms with E-state index >= 15 is 0 Å². The van der Waals surface area contributed by atoms with Crippen LogP contribution in [0.4, 0.5) is 0 Å². The Morgan fingerprint density at radius 3 is 1.18 bits per heavy atom. The van der Waals surface area contributed by atoms with Crippen molar-refractivity contribution >= 4 is 10.1 Å². The molecule has 0 bridgehead atoms. The molecule has 0 unspecified atom stereocenters. The fraction of sp³-hybridized carbons (Fsp3) is 1.00. The zero-order chi connectivity index (χ0) is 8.57. The molecule has 0 aliphatic carbocycles. The quantitative estimate of drug-likeness (QED) is 0.642. The van der Waals surface area contributed by atoms with Gasteiger partial charge in [0.2, 0.25) is 0 Å². The molecule has 0 aromatic carbocycles. The molecule has 2 N–H and O–H groups in total. The Hall–Kier alpha value is 0.689. The van der Waals surface area contributed by atoms with E-state index < -0.39 is 0 Å². The summed E-state index contributed by atoms with van der Waals surface area (Å²) in [6.07, 6.45) is 0. The molecule has 11 heavy (non-hydrogen) atoms. The van der Waals surface area contributed by atoms with Crippen LogP contribution in [0.25, 0.3) is 0 Å². The molecule has 0 fully saturated rings. The van der Waals surface area contributed by atoms with Gasteiger partial charge < -0.3 is 15.3 Å². The molecule has 0 aliphatic rings. The van der Waals surface area contributed by atoms with Crippen molar-refractivity contribution in [1.82, 2.24) is 9.80 Å². The Morgan fingerprint density at radius 1 is 0.909 bits per heavy atom. The first-order chi connectivity index (χ1) is 4.63. The molecule has 0 aromatic rings. The van der Waals surface area contributed by atoms with Crippen molar-refractivity contribution in [3.63, 3.8) is 0 Å². The van der Waals surface area contributed by atoms with Crippen molar-refractivity contribution in [3.05, 3.63) is 0 Å². The van der Waals surface area contributed by atoms with Crippen molar-refractivity contribution in [3.8, 4) is 0 Å². The number of hydrogen-bond acceptors (Lipinski definition) is 2. The second kappa shape index (κ2) is 13.3. The van der Waals surface area contributed by atoms with Crippen LogP contribution in [0, 0.1) is 0 Å². The normalized spacial score (nSPS) is 8.82. The van der Waals surface area contributed by atoms with Crippen LogP contribution in [0.3, 0.4) is 0 Å². The number of rotatable bonds is 3. The second-order valence-corrected chi connectivity index (χ2v) is 2.61. The van der Waals surface area contributed by atoms with Gasteiger partial charge in [-0.3, -0.25) is 0 Å². The Labute approximate surface area is 82.0 Å². The number of nitrogens with zero attached hydrogens (tertiary/aromatic N) is 2. The molecule has 76 valence electrons. The van der Waals surface area contributed by atoms with Gasteiger partial charge >= 0.3 is 25.2 Å². The minimum absolute atomic E-state index is 0. The van der Waals surface area contributed by atoms with Gasteiger partial charge in [0.1, 0.15) is 0 Å². The topological polar surface area (TPSA) is 38.0 Å². The molecule has 0 aliphatic heterocycles. The summed E-state index contributed by atoms with van der Waals surface area (Å²) in [5.41, 5.74) is 0. The van der Waals surface area contributed by atoms with Crippen LogP contribution >= 0.6 is 10.1 Å². The van der Waals surface area contributed by atoms with Gasteiger partial charge in [-0.2, -0.15) is 0 Å². The van der Waals surface area contributed by atoms with Gasteiger partial charge in [0.15, 0.2) is 0 Å². The fourth-order valence-corrected chi connectivity index (χ4v) is 0.400. The standard InChI is InChI=1S/C6H16N2.ClH.Cu.H2O/c1-7(2)5-6-8(3)4;;;/h5-6H2,1-4H3;1H;;1H2/q;;+1;/p-1. The first kappa shape index (κ1) is 17.7. The van der Waals surface area contributed by atoms with Gasteiger partial charge in [-0.05, 0) is 28.2 Å². The van der Waals surface area contributed by atoms with E-state index in [4.69, 9.17) is 0 Å². The van der Waals surface area contributed by atoms with Gasteiger partial charge in [0.05, 0.1) is 0 Å². The van der Waals surface area contributed by atoms with Crippen LogP contribution in [0.15, 0.2) is 0 Å². The van der Waals surface area contributed by atoms with E-state index in [0.717, 1.165) is 13.1 Å². The zero-order valence-corrected chi connectivity index (χ0v) is 9.19. The van der Waals surface area contributed by atoms with Crippen molar-refractivity contribution in [2.75, 3.05) is 41.3 Å². The van der Waals surface area contributed by atoms with Gasteiger partial charge in [0, 0.05) is 13.1 Å². The average molecular weight is 233 g/mol. The Bertz CT molecular complexity index is 56.5. The van der Waals surface area contributed by atoms with Crippen LogP contribution in [0.5, 0.6) is 0 Å². The monoisotopic (exact) mass is 232 g/mol. The van der Waals surface area contributed by atoms with Crippen molar-refractivity contribution in [1.29, 1.82) is 0 Å². The van der Waals surface area contributed by atoms with Gasteiger partial charge in [-0.1, -0.05) is 0 Å². The van der Waals surface area contributed by atoms with Crippen molar-refractivity contribution in [2.24, 2.45) is 0 Å². The maximum absolute atomic E-state index is 4.20. The van der Waals surface area contributed by atoms with Crippen LogP contribution in [-0.2, 0) is 15.1 Å². The van der Waals surface area contributed by atoms with E-state index in [1.165, 1.54) is 0 Å². The van der Waals surface area contributed by atoms with Crippen LogP contribution in [0.1, 0.15) is 0 Å². The van der Waals surface area contributed by atoms with E-state index in [-0.39, 0.29) is 5.48 Å². The van der Waals surface area contributed by atoms with Crippen molar-refractivity contribution in [2.45, 2.75) is 0 Å². The molecule has 0 amide bonds. The van der Waals surface area contributed by atoms with Crippen LogP contribution in [0.2, 0.25) is 0 Å². The van der Waals surface area contributed by atoms with E-state index in [2.05, 4.69) is 63.2 Å². The summed E-state index contributed by atoms with van der Waals surface area (Å²) >= 11 is 3.66. The minimum atomic E-state index is 0. The maximum atomic E-state index is 4.20. The molecule has 0 saturated carbocycles. The number of likely N-dealkylation sites (N-methyl/N-ethyl adjacent to an activating group) is 2. The average Bonchev–Trinajstić information content (AvgIpc) is 1.89. The van der Waals surface area contributed by atoms with E-state index in [1.54, 1.807) is 0 Å². The summed E-state index contributed by atoms with van der Waals surface area (Å²) in [4.78, 5) is 4.36. The third-order valence-electron chi connectivity index (χ3n) is 0.994. The van der Waals surface area contributed by atoms with Gasteiger partial charge in [-0.15, -0.1) is 0 Å². The molecular formula is C6H18ClCuN2O. The SMILES string of the molecule is CN(C)CCN(C)C.O.[Cl][Cu]. The molecule has 0 atom stereocenters. The molecular weight excluding hydrogens is 215 g/mol. The predicted octanol–water partition coefficient (Wildman–Crippen LogP) is -0.0281. The Morgan fingerprint density at radius 2 is 1.09 bits per heavy atom.